The highest BCUT2D eigenvalue weighted by Crippen LogP contribution is 2.47. The molecular formula is C18H16O2. The first kappa shape index (κ1) is 12.7. The van der Waals surface area contributed by atoms with Gasteiger partial charge in [0.05, 0.1) is 0 Å². The van der Waals surface area contributed by atoms with Crippen molar-refractivity contribution in [3.63, 3.8) is 0 Å². The van der Waals surface area contributed by atoms with Crippen molar-refractivity contribution >= 4 is 5.97 Å². The first-order valence-corrected chi connectivity index (χ1v) is 6.85. The number of carboxylic acids is 1. The fourth-order valence-electron chi connectivity index (χ4n) is 3.04. The zero-order valence-electron chi connectivity index (χ0n) is 11.3. The van der Waals surface area contributed by atoms with Gasteiger partial charge in [0, 0.05) is 11.5 Å². The molecule has 20 heavy (non-hydrogen) atoms. The van der Waals surface area contributed by atoms with Gasteiger partial charge in [-0.15, -0.1) is 0 Å². The summed E-state index contributed by atoms with van der Waals surface area (Å²) in [6.07, 6.45) is 2.55. The van der Waals surface area contributed by atoms with E-state index >= 15 is 0 Å². The highest BCUT2D eigenvalue weighted by atomic mass is 16.4. The zero-order valence-corrected chi connectivity index (χ0v) is 11.3. The number of allylic oxidation sites excluding steroid dienone is 1. The number of carboxylic acid groups (broad SMARTS) is 1. The van der Waals surface area contributed by atoms with E-state index in [9.17, 15) is 9.90 Å². The zero-order chi connectivity index (χ0) is 14.1. The minimum Gasteiger partial charge on any atom is -0.478 e. The number of benzene rings is 2. The molecule has 0 atom stereocenters. The van der Waals surface area contributed by atoms with Crippen molar-refractivity contribution in [1.29, 1.82) is 0 Å². The van der Waals surface area contributed by atoms with Crippen molar-refractivity contribution in [2.24, 2.45) is 0 Å². The van der Waals surface area contributed by atoms with Crippen LogP contribution in [0, 0.1) is 0 Å². The second-order valence-electron chi connectivity index (χ2n) is 4.98. The first-order valence-electron chi connectivity index (χ1n) is 6.85. The molecule has 2 heteroatoms. The molecule has 2 aromatic rings. The Bertz CT molecular complexity index is 653. The fourth-order valence-corrected chi connectivity index (χ4v) is 3.04. The first-order chi connectivity index (χ1) is 9.74. The standard InChI is InChI=1S/C18H16O2/c1-2-7-16(18(19)20)17-14-10-5-3-8-12(14)13-9-4-6-11-15(13)17/h3-11,17H,2H2,1H3,(H,19,20). The van der Waals surface area contributed by atoms with E-state index in [1.165, 1.54) is 0 Å². The lowest BCUT2D eigenvalue weighted by molar-refractivity contribution is -0.132. The average Bonchev–Trinajstić information content (AvgIpc) is 2.79. The molecule has 1 N–H and O–H groups in total. The van der Waals surface area contributed by atoms with Crippen LogP contribution in [0.25, 0.3) is 11.1 Å². The molecule has 0 aromatic heterocycles. The number of aliphatic carboxylic acids is 1. The van der Waals surface area contributed by atoms with Gasteiger partial charge in [0.25, 0.3) is 0 Å². The molecule has 0 fully saturated rings. The fraction of sp³-hybridized carbons (Fsp3) is 0.167. The predicted octanol–water partition coefficient (Wildman–Crippen LogP) is 4.22. The molecule has 0 aliphatic heterocycles. The van der Waals surface area contributed by atoms with Gasteiger partial charge in [0.1, 0.15) is 0 Å². The Kier molecular flexibility index (Phi) is 3.15. The maximum Gasteiger partial charge on any atom is 0.332 e. The van der Waals surface area contributed by atoms with Crippen LogP contribution in [0.1, 0.15) is 30.4 Å². The molecule has 0 heterocycles. The Labute approximate surface area is 118 Å². The van der Waals surface area contributed by atoms with Gasteiger partial charge in [0.15, 0.2) is 0 Å². The number of carbonyl (C=O) groups is 1. The van der Waals surface area contributed by atoms with Crippen LogP contribution in [-0.4, -0.2) is 11.1 Å². The summed E-state index contributed by atoms with van der Waals surface area (Å²) in [5, 5.41) is 9.55. The number of hydrogen-bond donors (Lipinski definition) is 1. The third-order valence-corrected chi connectivity index (χ3v) is 3.82. The molecule has 0 amide bonds. The SMILES string of the molecule is CCC=C(C(=O)O)C1c2ccccc2-c2ccccc21. The van der Waals surface area contributed by atoms with Gasteiger partial charge in [-0.05, 0) is 28.7 Å². The van der Waals surface area contributed by atoms with Crippen molar-refractivity contribution in [2.45, 2.75) is 19.3 Å². The van der Waals surface area contributed by atoms with E-state index in [1.807, 2.05) is 49.4 Å². The van der Waals surface area contributed by atoms with Crippen LogP contribution < -0.4 is 0 Å². The second kappa shape index (κ2) is 4.97. The molecule has 2 aromatic carbocycles. The van der Waals surface area contributed by atoms with Crippen LogP contribution in [-0.2, 0) is 4.79 Å². The van der Waals surface area contributed by atoms with E-state index in [0.717, 1.165) is 28.7 Å². The van der Waals surface area contributed by atoms with Crippen molar-refractivity contribution in [3.8, 4) is 11.1 Å². The lowest BCUT2D eigenvalue weighted by Crippen LogP contribution is -2.10. The van der Waals surface area contributed by atoms with Gasteiger partial charge >= 0.3 is 5.97 Å². The Hall–Kier alpha value is -2.35. The van der Waals surface area contributed by atoms with E-state index in [2.05, 4.69) is 12.1 Å². The van der Waals surface area contributed by atoms with E-state index in [1.54, 1.807) is 0 Å². The molecular weight excluding hydrogens is 248 g/mol. The molecule has 0 bridgehead atoms. The molecule has 0 spiro atoms. The van der Waals surface area contributed by atoms with Crippen molar-refractivity contribution < 1.29 is 9.90 Å². The third kappa shape index (κ3) is 1.85. The summed E-state index contributed by atoms with van der Waals surface area (Å²) in [5.41, 5.74) is 4.96. The molecule has 2 nitrogen and oxygen atoms in total. The van der Waals surface area contributed by atoms with E-state index < -0.39 is 5.97 Å². The van der Waals surface area contributed by atoms with Crippen LogP contribution >= 0.6 is 0 Å². The third-order valence-electron chi connectivity index (χ3n) is 3.82. The summed E-state index contributed by atoms with van der Waals surface area (Å²) in [7, 11) is 0. The normalized spacial score (nSPS) is 13.9. The molecule has 1 aliphatic rings. The predicted molar refractivity (Wildman–Crippen MR) is 79.7 cm³/mol. The Morgan fingerprint density at radius 2 is 1.55 bits per heavy atom. The molecule has 3 rings (SSSR count). The maximum atomic E-state index is 11.6. The molecule has 0 saturated carbocycles. The average molecular weight is 264 g/mol. The maximum absolute atomic E-state index is 11.6. The second-order valence-corrected chi connectivity index (χ2v) is 4.98. The minimum atomic E-state index is -0.830. The van der Waals surface area contributed by atoms with Gasteiger partial charge < -0.3 is 5.11 Å². The lowest BCUT2D eigenvalue weighted by atomic mass is 9.88. The molecule has 0 saturated heterocycles. The van der Waals surface area contributed by atoms with Crippen LogP contribution in [0.2, 0.25) is 0 Å². The van der Waals surface area contributed by atoms with Crippen LogP contribution in [0.3, 0.4) is 0 Å². The van der Waals surface area contributed by atoms with Gasteiger partial charge in [-0.25, -0.2) is 4.79 Å². The summed E-state index contributed by atoms with van der Waals surface area (Å²) in [5.74, 6) is -0.983. The molecule has 100 valence electrons. The summed E-state index contributed by atoms with van der Waals surface area (Å²) in [4.78, 5) is 11.6. The number of hydrogen-bond acceptors (Lipinski definition) is 1. The quantitative estimate of drug-likeness (QED) is 0.843. The van der Waals surface area contributed by atoms with Gasteiger partial charge in [-0.1, -0.05) is 61.5 Å². The highest BCUT2D eigenvalue weighted by Gasteiger charge is 2.33. The van der Waals surface area contributed by atoms with Crippen LogP contribution in [0.15, 0.2) is 60.2 Å². The smallest absolute Gasteiger partial charge is 0.332 e. The number of fused-ring (bicyclic) bond motifs is 3. The Balaban J connectivity index is 2.26. The van der Waals surface area contributed by atoms with Crippen LogP contribution in [0.5, 0.6) is 0 Å². The lowest BCUT2D eigenvalue weighted by Gasteiger charge is -2.14. The molecule has 1 aliphatic carbocycles. The van der Waals surface area contributed by atoms with E-state index in [4.69, 9.17) is 0 Å². The largest absolute Gasteiger partial charge is 0.478 e. The topological polar surface area (TPSA) is 37.3 Å². The summed E-state index contributed by atoms with van der Waals surface area (Å²) < 4.78 is 0. The van der Waals surface area contributed by atoms with Crippen molar-refractivity contribution in [1.82, 2.24) is 0 Å². The monoisotopic (exact) mass is 264 g/mol. The van der Waals surface area contributed by atoms with Crippen molar-refractivity contribution in [3.05, 3.63) is 71.3 Å². The minimum absolute atomic E-state index is 0.153. The van der Waals surface area contributed by atoms with E-state index in [0.29, 0.717) is 5.57 Å². The summed E-state index contributed by atoms with van der Waals surface area (Å²) >= 11 is 0. The highest BCUT2D eigenvalue weighted by molar-refractivity contribution is 5.93. The number of rotatable bonds is 3. The Morgan fingerprint density at radius 1 is 1.05 bits per heavy atom. The van der Waals surface area contributed by atoms with Crippen molar-refractivity contribution in [2.75, 3.05) is 0 Å². The van der Waals surface area contributed by atoms with Gasteiger partial charge in [0.2, 0.25) is 0 Å². The molecule has 0 unspecified atom stereocenters. The van der Waals surface area contributed by atoms with Gasteiger partial charge in [-0.2, -0.15) is 0 Å². The summed E-state index contributed by atoms with van der Waals surface area (Å²) in [6.45, 7) is 1.97. The van der Waals surface area contributed by atoms with E-state index in [-0.39, 0.29) is 5.92 Å². The summed E-state index contributed by atoms with van der Waals surface area (Å²) in [6, 6.07) is 16.2. The molecule has 0 radical (unpaired) electrons. The Morgan fingerprint density at radius 3 is 2.00 bits per heavy atom. The van der Waals surface area contributed by atoms with Gasteiger partial charge in [-0.3, -0.25) is 0 Å². The van der Waals surface area contributed by atoms with Crippen LogP contribution in [0.4, 0.5) is 0 Å².